The van der Waals surface area contributed by atoms with E-state index in [-0.39, 0.29) is 59.8 Å². The van der Waals surface area contributed by atoms with Crippen LogP contribution in [0.5, 0.6) is 23.0 Å². The molecule has 12 nitrogen and oxygen atoms in total. The Morgan fingerprint density at radius 3 is 1.05 bits per heavy atom. The van der Waals surface area contributed by atoms with E-state index in [9.17, 15) is 19.8 Å². The minimum Gasteiger partial charge on any atom is -0.507 e. The van der Waals surface area contributed by atoms with Crippen molar-refractivity contribution in [3.05, 3.63) is 200 Å². The highest BCUT2D eigenvalue weighted by molar-refractivity contribution is 6.05. The molecule has 0 unspecified atom stereocenters. The zero-order valence-electron chi connectivity index (χ0n) is 45.1. The third-order valence-corrected chi connectivity index (χ3v) is 13.8. The Bertz CT molecular complexity index is 3210. The van der Waals surface area contributed by atoms with Gasteiger partial charge < -0.3 is 30.3 Å². The lowest BCUT2D eigenvalue weighted by Gasteiger charge is -2.26. The summed E-state index contributed by atoms with van der Waals surface area (Å²) in [5.41, 5.74) is 13.3. The second-order valence-electron chi connectivity index (χ2n) is 21.8. The first-order valence-corrected chi connectivity index (χ1v) is 25.9. The molecule has 0 fully saturated rings. The number of pyridine rings is 4. The third-order valence-electron chi connectivity index (χ3n) is 13.8. The van der Waals surface area contributed by atoms with Crippen molar-refractivity contribution < 1.29 is 29.3 Å². The number of carbonyl (C=O) groups excluding carboxylic acids is 2. The lowest BCUT2D eigenvalue weighted by molar-refractivity contribution is 0.101. The van der Waals surface area contributed by atoms with Gasteiger partial charge in [-0.3, -0.25) is 29.5 Å². The highest BCUT2D eigenvalue weighted by Gasteiger charge is 2.27. The van der Waals surface area contributed by atoms with Crippen molar-refractivity contribution in [3.8, 4) is 45.8 Å². The van der Waals surface area contributed by atoms with Gasteiger partial charge in [-0.1, -0.05) is 65.8 Å². The van der Waals surface area contributed by atoms with Crippen molar-refractivity contribution in [2.45, 2.75) is 106 Å². The van der Waals surface area contributed by atoms with E-state index < -0.39 is 0 Å². The first-order chi connectivity index (χ1) is 36.2. The zero-order chi connectivity index (χ0) is 54.1. The Hall–Kier alpha value is -8.38. The van der Waals surface area contributed by atoms with E-state index in [0.29, 0.717) is 92.2 Å². The van der Waals surface area contributed by atoms with Gasteiger partial charge in [0.2, 0.25) is 0 Å². The molecule has 1 aliphatic rings. The predicted octanol–water partition coefficient (Wildman–Crippen LogP) is 13.2. The van der Waals surface area contributed by atoms with Gasteiger partial charge in [-0.2, -0.15) is 0 Å². The Labute approximate surface area is 445 Å². The van der Waals surface area contributed by atoms with Crippen LogP contribution in [-0.2, 0) is 36.5 Å². The molecule has 8 bridgehead atoms. The quantitative estimate of drug-likeness (QED) is 0.0968. The molecule has 76 heavy (non-hydrogen) atoms. The van der Waals surface area contributed by atoms with Crippen molar-refractivity contribution in [1.82, 2.24) is 19.9 Å². The Morgan fingerprint density at radius 2 is 0.763 bits per heavy atom. The lowest BCUT2D eigenvalue weighted by Crippen LogP contribution is -2.16. The summed E-state index contributed by atoms with van der Waals surface area (Å²) in [5.74, 6) is 0.738. The summed E-state index contributed by atoms with van der Waals surface area (Å²) in [6.07, 6.45) is 7.60. The number of fused-ring (bicyclic) bond motifs is 8. The topological polar surface area (TPSA) is 169 Å². The van der Waals surface area contributed by atoms with Crippen LogP contribution in [-0.4, -0.2) is 55.2 Å². The summed E-state index contributed by atoms with van der Waals surface area (Å²) in [5, 5.41) is 31.6. The Morgan fingerprint density at radius 1 is 0.461 bits per heavy atom. The normalized spacial score (nSPS) is 12.4. The second-order valence-corrected chi connectivity index (χ2v) is 21.8. The molecule has 1 aliphatic carbocycles. The maximum Gasteiger partial charge on any atom is 0.255 e. The average molecular weight is 1020 g/mol. The molecule has 0 saturated carbocycles. The molecule has 4 heterocycles. The van der Waals surface area contributed by atoms with Gasteiger partial charge in [0.25, 0.3) is 11.8 Å². The number of phenolic OH excluding ortho intramolecular Hbond substituents is 2. The molecule has 8 aromatic rings. The standard InChI is InChI=1S/C64H66N6O6/c1-11-75-59-45-23-41-31-51(69-61(73)39-15-19-67-55(35-39)53-21-37(3)13-17-65-53)33-43(57(41)71)25-47-29-50(64(8,9)10)30-48(60(47)76-12-2)26-44-34-52(32-42(58(44)72)24-46(59)28-49(27-45)63(5,6)7)70-62(74)40-16-20-68-56(36-40)54-22-38(4)14-18-66-54/h13-22,27-36,71-72H,11-12,23-26H2,1-10H3,(H,69,73)(H,70,74). The molecule has 4 aromatic heterocycles. The van der Waals surface area contributed by atoms with E-state index in [1.54, 1.807) is 49.1 Å². The minimum atomic E-state index is -0.346. The van der Waals surface area contributed by atoms with Gasteiger partial charge in [-0.15, -0.1) is 0 Å². The van der Waals surface area contributed by atoms with E-state index in [1.807, 2.05) is 76.2 Å². The Balaban J connectivity index is 1.22. The van der Waals surface area contributed by atoms with Crippen molar-refractivity contribution in [2.75, 3.05) is 23.8 Å². The van der Waals surface area contributed by atoms with Crippen LogP contribution < -0.4 is 20.1 Å². The molecule has 9 rings (SSSR count). The molecule has 12 heteroatoms. The van der Waals surface area contributed by atoms with Gasteiger partial charge in [0.05, 0.1) is 36.0 Å². The van der Waals surface area contributed by atoms with E-state index in [2.05, 4.69) is 96.4 Å². The van der Waals surface area contributed by atoms with Crippen LogP contribution in [0.25, 0.3) is 22.8 Å². The fourth-order valence-electron chi connectivity index (χ4n) is 9.77. The maximum atomic E-state index is 14.3. The summed E-state index contributed by atoms with van der Waals surface area (Å²) < 4.78 is 13.2. The summed E-state index contributed by atoms with van der Waals surface area (Å²) in [6, 6.07) is 30.3. The van der Waals surface area contributed by atoms with Crippen LogP contribution in [0.4, 0.5) is 11.4 Å². The summed E-state index contributed by atoms with van der Waals surface area (Å²) in [7, 11) is 0. The Kier molecular flexibility index (Phi) is 14.8. The molecule has 2 amide bonds. The van der Waals surface area contributed by atoms with Gasteiger partial charge in [0.15, 0.2) is 0 Å². The molecular formula is C64H66N6O6. The smallest absolute Gasteiger partial charge is 0.255 e. The monoisotopic (exact) mass is 1010 g/mol. The van der Waals surface area contributed by atoms with E-state index in [0.717, 1.165) is 44.5 Å². The molecule has 0 aliphatic heterocycles. The van der Waals surface area contributed by atoms with E-state index in [4.69, 9.17) is 9.47 Å². The zero-order valence-corrected chi connectivity index (χ0v) is 45.1. The first-order valence-electron chi connectivity index (χ1n) is 25.9. The second kappa shape index (κ2) is 21.5. The number of benzene rings is 4. The highest BCUT2D eigenvalue weighted by atomic mass is 16.5. The van der Waals surface area contributed by atoms with Gasteiger partial charge in [0.1, 0.15) is 23.0 Å². The fourth-order valence-corrected chi connectivity index (χ4v) is 9.77. The molecule has 388 valence electrons. The highest BCUT2D eigenvalue weighted by Crippen LogP contribution is 2.43. The molecule has 4 N–H and O–H groups in total. The number of nitrogens with zero attached hydrogens (tertiary/aromatic N) is 4. The SMILES string of the molecule is CCOc1c2cc(C(C)(C)C)cc1Cc1cc(NC(=O)c3ccnc(-c4cc(C)ccn4)c3)cc(c1O)Cc1cc(C(C)(C)C)cc(c1OCC)Cc1cc(NC(=O)c3ccnc(-c4cc(C)ccn4)c3)cc(c1O)C2. The molecule has 4 aromatic carbocycles. The number of phenols is 2. The van der Waals surface area contributed by atoms with Crippen LogP contribution in [0, 0.1) is 13.8 Å². The van der Waals surface area contributed by atoms with E-state index in [1.165, 1.54) is 0 Å². The third kappa shape index (κ3) is 11.6. The van der Waals surface area contributed by atoms with Crippen molar-refractivity contribution >= 4 is 23.2 Å². The molecule has 0 radical (unpaired) electrons. The average Bonchev–Trinajstić information content (AvgIpc) is 3.37. The number of amides is 2. The van der Waals surface area contributed by atoms with Gasteiger partial charge in [0, 0.05) is 95.2 Å². The van der Waals surface area contributed by atoms with Crippen LogP contribution in [0.15, 0.2) is 122 Å². The number of hydrogen-bond acceptors (Lipinski definition) is 10. The number of aryl methyl sites for hydroxylation is 2. The van der Waals surface area contributed by atoms with E-state index >= 15 is 0 Å². The maximum absolute atomic E-state index is 14.3. The lowest BCUT2D eigenvalue weighted by atomic mass is 9.81. The number of hydrogen-bond donors (Lipinski definition) is 4. The van der Waals surface area contributed by atoms with Gasteiger partial charge in [-0.05, 0) is 156 Å². The van der Waals surface area contributed by atoms with Gasteiger partial charge >= 0.3 is 0 Å². The number of rotatable bonds is 10. The number of nitrogens with one attached hydrogen (secondary N) is 2. The largest absolute Gasteiger partial charge is 0.507 e. The summed E-state index contributed by atoms with van der Waals surface area (Å²) >= 11 is 0. The van der Waals surface area contributed by atoms with Crippen molar-refractivity contribution in [3.63, 3.8) is 0 Å². The number of ether oxygens (including phenoxy) is 2. The summed E-state index contributed by atoms with van der Waals surface area (Å²) in [4.78, 5) is 46.7. The van der Waals surface area contributed by atoms with Crippen molar-refractivity contribution in [1.29, 1.82) is 0 Å². The van der Waals surface area contributed by atoms with Crippen LogP contribution in [0.1, 0.15) is 143 Å². The number of anilines is 2. The minimum absolute atomic E-state index is 0.0943. The molecule has 0 atom stereocenters. The number of aromatic nitrogens is 4. The van der Waals surface area contributed by atoms with Gasteiger partial charge in [-0.25, -0.2) is 0 Å². The molecule has 0 saturated heterocycles. The van der Waals surface area contributed by atoms with Crippen LogP contribution >= 0.6 is 0 Å². The first kappa shape index (κ1) is 52.5. The molecule has 0 spiro atoms. The van der Waals surface area contributed by atoms with Crippen LogP contribution in [0.2, 0.25) is 0 Å². The fraction of sp³-hybridized carbons (Fsp3) is 0.281. The molecular weight excluding hydrogens is 949 g/mol. The number of carbonyl (C=O) groups is 2. The van der Waals surface area contributed by atoms with Crippen molar-refractivity contribution in [2.24, 2.45) is 0 Å². The number of aromatic hydroxyl groups is 2. The predicted molar refractivity (Wildman–Crippen MR) is 300 cm³/mol. The summed E-state index contributed by atoms with van der Waals surface area (Å²) in [6.45, 7) is 21.4. The van der Waals surface area contributed by atoms with Crippen LogP contribution in [0.3, 0.4) is 0 Å².